The van der Waals surface area contributed by atoms with Crippen LogP contribution in [0.15, 0.2) is 12.7 Å². The van der Waals surface area contributed by atoms with Crippen molar-refractivity contribution in [2.45, 2.75) is 33.9 Å². The van der Waals surface area contributed by atoms with Gasteiger partial charge in [0.15, 0.2) is 0 Å². The third-order valence-corrected chi connectivity index (χ3v) is 3.22. The summed E-state index contributed by atoms with van der Waals surface area (Å²) in [5, 5.41) is 7.20. The molecule has 0 unspecified atom stereocenters. The van der Waals surface area contributed by atoms with Gasteiger partial charge in [0.05, 0.1) is 12.2 Å². The molecule has 0 saturated carbocycles. The second-order valence-corrected chi connectivity index (χ2v) is 4.64. The molecule has 0 atom stereocenters. The molecule has 2 amide bonds. The van der Waals surface area contributed by atoms with E-state index in [1.807, 2.05) is 25.5 Å². The number of carbonyl (C=O) groups is 2. The minimum Gasteiger partial charge on any atom is -0.350 e. The number of aryl methyl sites for hydroxylation is 2. The Balaban J connectivity index is 2.59. The second-order valence-electron chi connectivity index (χ2n) is 4.64. The van der Waals surface area contributed by atoms with E-state index in [2.05, 4.69) is 17.0 Å². The zero-order valence-corrected chi connectivity index (χ0v) is 12.6. The number of carbonyl (C=O) groups excluding carboxylic acids is 2. The number of rotatable bonds is 6. The molecule has 0 fully saturated rings. The molecule has 20 heavy (non-hydrogen) atoms. The monoisotopic (exact) mass is 278 g/mol. The normalized spacial score (nSPS) is 10.2. The fourth-order valence-electron chi connectivity index (χ4n) is 1.99. The first-order chi connectivity index (χ1) is 9.40. The van der Waals surface area contributed by atoms with Gasteiger partial charge in [0, 0.05) is 31.4 Å². The van der Waals surface area contributed by atoms with Gasteiger partial charge in [-0.1, -0.05) is 6.58 Å². The Hall–Kier alpha value is -2.11. The van der Waals surface area contributed by atoms with Crippen molar-refractivity contribution in [3.63, 3.8) is 0 Å². The van der Waals surface area contributed by atoms with Gasteiger partial charge in [-0.25, -0.2) is 0 Å². The zero-order chi connectivity index (χ0) is 15.3. The number of nitrogens with one attached hydrogen (secondary N) is 1. The van der Waals surface area contributed by atoms with Gasteiger partial charge in [0.2, 0.25) is 11.8 Å². The molecule has 6 heteroatoms. The van der Waals surface area contributed by atoms with Crippen LogP contribution >= 0.6 is 0 Å². The van der Waals surface area contributed by atoms with Crippen LogP contribution in [-0.2, 0) is 22.7 Å². The zero-order valence-electron chi connectivity index (χ0n) is 12.6. The first kappa shape index (κ1) is 15.9. The van der Waals surface area contributed by atoms with Gasteiger partial charge in [-0.3, -0.25) is 14.3 Å². The van der Waals surface area contributed by atoms with E-state index in [0.29, 0.717) is 6.54 Å². The Morgan fingerprint density at radius 1 is 1.45 bits per heavy atom. The lowest BCUT2D eigenvalue weighted by Gasteiger charge is -2.14. The standard InChI is InChI=1S/C14H22N4O2/c1-6-14(20)17(5)9-13(19)15-8-12-10(3)16-18(7-2)11(12)4/h6H,1,7-9H2,2-5H3,(H,15,19). The molecular weight excluding hydrogens is 256 g/mol. The van der Waals surface area contributed by atoms with E-state index in [0.717, 1.165) is 23.5 Å². The fourth-order valence-corrected chi connectivity index (χ4v) is 1.99. The molecular formula is C14H22N4O2. The lowest BCUT2D eigenvalue weighted by Crippen LogP contribution is -2.37. The highest BCUT2D eigenvalue weighted by atomic mass is 16.2. The molecule has 110 valence electrons. The van der Waals surface area contributed by atoms with Crippen LogP contribution < -0.4 is 5.32 Å². The molecule has 0 aliphatic carbocycles. The Morgan fingerprint density at radius 3 is 2.60 bits per heavy atom. The summed E-state index contributed by atoms with van der Waals surface area (Å²) in [6, 6.07) is 0. The quantitative estimate of drug-likeness (QED) is 0.782. The van der Waals surface area contributed by atoms with Crippen LogP contribution in [0.3, 0.4) is 0 Å². The Kier molecular flexibility index (Phi) is 5.49. The lowest BCUT2D eigenvalue weighted by molar-refractivity contribution is -0.131. The molecule has 0 aliphatic heterocycles. The van der Waals surface area contributed by atoms with Crippen LogP contribution in [0, 0.1) is 13.8 Å². The SMILES string of the molecule is C=CC(=O)N(C)CC(=O)NCc1c(C)nn(CC)c1C. The predicted molar refractivity (Wildman–Crippen MR) is 77.1 cm³/mol. The molecule has 0 aliphatic rings. The van der Waals surface area contributed by atoms with Crippen molar-refractivity contribution >= 4 is 11.8 Å². The van der Waals surface area contributed by atoms with Crippen molar-refractivity contribution in [1.29, 1.82) is 0 Å². The minimum atomic E-state index is -0.272. The summed E-state index contributed by atoms with van der Waals surface area (Å²) < 4.78 is 1.91. The average Bonchev–Trinajstić information content (AvgIpc) is 2.70. The Labute approximate surface area is 119 Å². The summed E-state index contributed by atoms with van der Waals surface area (Å²) in [6.45, 7) is 10.6. The van der Waals surface area contributed by atoms with E-state index < -0.39 is 0 Å². The van der Waals surface area contributed by atoms with Crippen LogP contribution in [0.5, 0.6) is 0 Å². The van der Waals surface area contributed by atoms with Crippen LogP contribution in [0.2, 0.25) is 0 Å². The van der Waals surface area contributed by atoms with E-state index >= 15 is 0 Å². The summed E-state index contributed by atoms with van der Waals surface area (Å²) in [7, 11) is 1.56. The van der Waals surface area contributed by atoms with Crippen LogP contribution in [-0.4, -0.2) is 40.1 Å². The van der Waals surface area contributed by atoms with Gasteiger partial charge in [0.1, 0.15) is 0 Å². The van der Waals surface area contributed by atoms with Gasteiger partial charge >= 0.3 is 0 Å². The molecule has 0 saturated heterocycles. The maximum absolute atomic E-state index is 11.8. The first-order valence-corrected chi connectivity index (χ1v) is 6.57. The third kappa shape index (κ3) is 3.69. The number of aromatic nitrogens is 2. The van der Waals surface area contributed by atoms with Crippen LogP contribution in [0.1, 0.15) is 23.9 Å². The Morgan fingerprint density at radius 2 is 2.10 bits per heavy atom. The lowest BCUT2D eigenvalue weighted by atomic mass is 10.2. The van der Waals surface area contributed by atoms with Crippen molar-refractivity contribution in [2.75, 3.05) is 13.6 Å². The van der Waals surface area contributed by atoms with E-state index in [9.17, 15) is 9.59 Å². The summed E-state index contributed by atoms with van der Waals surface area (Å²) >= 11 is 0. The molecule has 0 radical (unpaired) electrons. The molecule has 1 heterocycles. The molecule has 0 spiro atoms. The van der Waals surface area contributed by atoms with Crippen molar-refractivity contribution in [2.24, 2.45) is 0 Å². The van der Waals surface area contributed by atoms with Crippen molar-refractivity contribution in [3.8, 4) is 0 Å². The van der Waals surface area contributed by atoms with Gasteiger partial charge < -0.3 is 10.2 Å². The van der Waals surface area contributed by atoms with Crippen molar-refractivity contribution in [1.82, 2.24) is 20.0 Å². The topological polar surface area (TPSA) is 67.2 Å². The van der Waals surface area contributed by atoms with Crippen molar-refractivity contribution in [3.05, 3.63) is 29.6 Å². The highest BCUT2D eigenvalue weighted by Gasteiger charge is 2.13. The number of nitrogens with zero attached hydrogens (tertiary/aromatic N) is 3. The highest BCUT2D eigenvalue weighted by Crippen LogP contribution is 2.12. The molecule has 1 aromatic rings. The number of amides is 2. The highest BCUT2D eigenvalue weighted by molar-refractivity contribution is 5.90. The Bertz CT molecular complexity index is 519. The smallest absolute Gasteiger partial charge is 0.246 e. The van der Waals surface area contributed by atoms with Crippen LogP contribution in [0.25, 0.3) is 0 Å². The maximum atomic E-state index is 11.8. The maximum Gasteiger partial charge on any atom is 0.246 e. The molecule has 6 nitrogen and oxygen atoms in total. The molecule has 1 N–H and O–H groups in total. The molecule has 0 bridgehead atoms. The number of hydrogen-bond donors (Lipinski definition) is 1. The van der Waals surface area contributed by atoms with Gasteiger partial charge in [-0.15, -0.1) is 0 Å². The minimum absolute atomic E-state index is 0.0187. The average molecular weight is 278 g/mol. The van der Waals surface area contributed by atoms with Gasteiger partial charge in [-0.2, -0.15) is 5.10 Å². The molecule has 1 rings (SSSR count). The largest absolute Gasteiger partial charge is 0.350 e. The number of likely N-dealkylation sites (N-methyl/N-ethyl adjacent to an activating group) is 1. The number of hydrogen-bond acceptors (Lipinski definition) is 3. The van der Waals surface area contributed by atoms with E-state index in [1.54, 1.807) is 7.05 Å². The third-order valence-electron chi connectivity index (χ3n) is 3.22. The fraction of sp³-hybridized carbons (Fsp3) is 0.500. The first-order valence-electron chi connectivity index (χ1n) is 6.57. The van der Waals surface area contributed by atoms with E-state index in [4.69, 9.17) is 0 Å². The predicted octanol–water partition coefficient (Wildman–Crippen LogP) is 0.780. The van der Waals surface area contributed by atoms with Gasteiger partial charge in [-0.05, 0) is 26.8 Å². The van der Waals surface area contributed by atoms with Crippen molar-refractivity contribution < 1.29 is 9.59 Å². The summed E-state index contributed by atoms with van der Waals surface area (Å²) in [5.41, 5.74) is 3.00. The van der Waals surface area contributed by atoms with E-state index in [-0.39, 0.29) is 18.4 Å². The van der Waals surface area contributed by atoms with Gasteiger partial charge in [0.25, 0.3) is 0 Å². The van der Waals surface area contributed by atoms with Crippen LogP contribution in [0.4, 0.5) is 0 Å². The summed E-state index contributed by atoms with van der Waals surface area (Å²) in [6.07, 6.45) is 1.19. The molecule has 0 aromatic carbocycles. The summed E-state index contributed by atoms with van der Waals surface area (Å²) in [4.78, 5) is 24.4. The second kappa shape index (κ2) is 6.88. The van der Waals surface area contributed by atoms with E-state index in [1.165, 1.54) is 11.0 Å². The summed E-state index contributed by atoms with van der Waals surface area (Å²) in [5.74, 6) is -0.475. The molecule has 1 aromatic heterocycles.